The Morgan fingerprint density at radius 2 is 2.06 bits per heavy atom. The average molecular weight is 329 g/mol. The maximum absolute atomic E-state index is 3.70. The summed E-state index contributed by atoms with van der Waals surface area (Å²) in [7, 11) is 0. The van der Waals surface area contributed by atoms with Crippen LogP contribution in [0.4, 0.5) is 5.69 Å². The molecule has 1 fully saturated rings. The molecule has 0 aromatic heterocycles. The van der Waals surface area contributed by atoms with Gasteiger partial charge in [0, 0.05) is 15.3 Å². The lowest BCUT2D eigenvalue weighted by atomic mass is 9.78. The van der Waals surface area contributed by atoms with Gasteiger partial charge in [0.2, 0.25) is 0 Å². The Bertz CT molecular complexity index is 350. The fraction of sp³-hybridized carbons (Fsp3) is 0.571. The van der Waals surface area contributed by atoms with Gasteiger partial charge in [0.1, 0.15) is 0 Å². The summed E-state index contributed by atoms with van der Waals surface area (Å²) in [5.74, 6) is 1.64. The molecule has 0 radical (unpaired) electrons. The van der Waals surface area contributed by atoms with E-state index in [1.807, 2.05) is 0 Å². The van der Waals surface area contributed by atoms with E-state index in [-0.39, 0.29) is 0 Å². The quantitative estimate of drug-likeness (QED) is 0.786. The summed E-state index contributed by atoms with van der Waals surface area (Å²) >= 11 is 2.37. The second kappa shape index (κ2) is 5.39. The van der Waals surface area contributed by atoms with Crippen LogP contribution in [0.15, 0.2) is 24.3 Å². The first-order chi connectivity index (χ1) is 7.66. The number of rotatable bonds is 2. The Kier molecular flexibility index (Phi) is 4.11. The number of hydrogen-bond acceptors (Lipinski definition) is 1. The Labute approximate surface area is 112 Å². The molecule has 0 saturated heterocycles. The average Bonchev–Trinajstić information content (AvgIpc) is 2.25. The molecule has 1 N–H and O–H groups in total. The van der Waals surface area contributed by atoms with Crippen LogP contribution < -0.4 is 5.32 Å². The van der Waals surface area contributed by atoms with Crippen molar-refractivity contribution in [1.82, 2.24) is 0 Å². The minimum atomic E-state index is 0.655. The molecule has 0 heterocycles. The van der Waals surface area contributed by atoms with Crippen LogP contribution >= 0.6 is 22.6 Å². The van der Waals surface area contributed by atoms with Gasteiger partial charge in [0.05, 0.1) is 0 Å². The molecule has 1 nitrogen and oxygen atoms in total. The van der Waals surface area contributed by atoms with Crippen LogP contribution in [0.5, 0.6) is 0 Å². The van der Waals surface area contributed by atoms with Crippen LogP contribution in [0.25, 0.3) is 0 Å². The summed E-state index contributed by atoms with van der Waals surface area (Å²) in [4.78, 5) is 0. The zero-order chi connectivity index (χ0) is 11.5. The normalized spacial score (nSPS) is 30.1. The van der Waals surface area contributed by atoms with Gasteiger partial charge >= 0.3 is 0 Å². The van der Waals surface area contributed by atoms with Gasteiger partial charge < -0.3 is 5.32 Å². The Morgan fingerprint density at radius 3 is 2.81 bits per heavy atom. The summed E-state index contributed by atoms with van der Waals surface area (Å²) < 4.78 is 1.30. The summed E-state index contributed by atoms with van der Waals surface area (Å²) in [5.41, 5.74) is 1.28. The van der Waals surface area contributed by atoms with Crippen LogP contribution in [-0.2, 0) is 0 Å². The minimum absolute atomic E-state index is 0.655. The first-order valence-electron chi connectivity index (χ1n) is 6.19. The van der Waals surface area contributed by atoms with E-state index >= 15 is 0 Å². The molecule has 0 bridgehead atoms. The SMILES string of the molecule is CC1CCCC(Nc2cccc(I)c2)C1C. The zero-order valence-corrected chi connectivity index (χ0v) is 12.2. The number of halogens is 1. The predicted molar refractivity (Wildman–Crippen MR) is 78.7 cm³/mol. The van der Waals surface area contributed by atoms with Crippen molar-refractivity contribution in [2.75, 3.05) is 5.32 Å². The summed E-state index contributed by atoms with van der Waals surface area (Å²) in [6, 6.07) is 9.32. The molecular weight excluding hydrogens is 309 g/mol. The number of hydrogen-bond donors (Lipinski definition) is 1. The lowest BCUT2D eigenvalue weighted by Gasteiger charge is -2.35. The molecule has 1 aromatic carbocycles. The minimum Gasteiger partial charge on any atom is -0.382 e. The molecule has 2 rings (SSSR count). The third-order valence-corrected chi connectivity index (χ3v) is 4.55. The highest BCUT2D eigenvalue weighted by atomic mass is 127. The highest BCUT2D eigenvalue weighted by molar-refractivity contribution is 14.1. The fourth-order valence-electron chi connectivity index (χ4n) is 2.58. The van der Waals surface area contributed by atoms with Crippen molar-refractivity contribution in [3.63, 3.8) is 0 Å². The van der Waals surface area contributed by atoms with Crippen molar-refractivity contribution in [3.05, 3.63) is 27.8 Å². The van der Waals surface area contributed by atoms with Crippen molar-refractivity contribution in [2.45, 2.75) is 39.2 Å². The highest BCUT2D eigenvalue weighted by Gasteiger charge is 2.26. The van der Waals surface area contributed by atoms with E-state index in [9.17, 15) is 0 Å². The third-order valence-electron chi connectivity index (χ3n) is 3.88. The van der Waals surface area contributed by atoms with Crippen molar-refractivity contribution in [3.8, 4) is 0 Å². The molecule has 3 atom stereocenters. The number of anilines is 1. The summed E-state index contributed by atoms with van der Waals surface area (Å²) in [6.45, 7) is 4.77. The summed E-state index contributed by atoms with van der Waals surface area (Å²) in [5, 5.41) is 3.70. The van der Waals surface area contributed by atoms with Gasteiger partial charge in [-0.15, -0.1) is 0 Å². The van der Waals surface area contributed by atoms with Gasteiger partial charge in [-0.05, 0) is 59.0 Å². The van der Waals surface area contributed by atoms with Crippen LogP contribution in [-0.4, -0.2) is 6.04 Å². The second-order valence-corrected chi connectivity index (χ2v) is 6.27. The molecule has 2 heteroatoms. The molecule has 3 unspecified atom stereocenters. The van der Waals surface area contributed by atoms with E-state index < -0.39 is 0 Å². The van der Waals surface area contributed by atoms with E-state index in [2.05, 4.69) is 66.0 Å². The van der Waals surface area contributed by atoms with E-state index in [0.29, 0.717) is 6.04 Å². The molecule has 0 aliphatic heterocycles. The smallest absolute Gasteiger partial charge is 0.0353 e. The zero-order valence-electron chi connectivity index (χ0n) is 10.0. The van der Waals surface area contributed by atoms with Crippen LogP contribution in [0.2, 0.25) is 0 Å². The van der Waals surface area contributed by atoms with Crippen LogP contribution in [0, 0.1) is 15.4 Å². The first-order valence-corrected chi connectivity index (χ1v) is 7.27. The van der Waals surface area contributed by atoms with Gasteiger partial charge in [0.15, 0.2) is 0 Å². The molecule has 88 valence electrons. The Morgan fingerprint density at radius 1 is 1.25 bits per heavy atom. The molecule has 0 spiro atoms. The van der Waals surface area contributed by atoms with Gasteiger partial charge in [-0.1, -0.05) is 32.8 Å². The first kappa shape index (κ1) is 12.2. The molecule has 1 aromatic rings. The molecular formula is C14H20IN. The number of nitrogens with one attached hydrogen (secondary N) is 1. The Balaban J connectivity index is 2.03. The maximum atomic E-state index is 3.70. The van der Waals surface area contributed by atoms with E-state index in [1.54, 1.807) is 0 Å². The van der Waals surface area contributed by atoms with Crippen LogP contribution in [0.3, 0.4) is 0 Å². The standard InChI is InChI=1S/C14H20IN/c1-10-5-3-8-14(11(10)2)16-13-7-4-6-12(15)9-13/h4,6-7,9-11,14,16H,3,5,8H2,1-2H3. The van der Waals surface area contributed by atoms with Crippen molar-refractivity contribution < 1.29 is 0 Å². The molecule has 0 amide bonds. The van der Waals surface area contributed by atoms with Gasteiger partial charge in [-0.25, -0.2) is 0 Å². The largest absolute Gasteiger partial charge is 0.382 e. The second-order valence-electron chi connectivity index (χ2n) is 5.03. The van der Waals surface area contributed by atoms with Crippen molar-refractivity contribution in [2.24, 2.45) is 11.8 Å². The van der Waals surface area contributed by atoms with E-state index in [1.165, 1.54) is 28.5 Å². The van der Waals surface area contributed by atoms with Crippen molar-refractivity contribution in [1.29, 1.82) is 0 Å². The molecule has 1 aliphatic rings. The highest BCUT2D eigenvalue weighted by Crippen LogP contribution is 2.31. The topological polar surface area (TPSA) is 12.0 Å². The van der Waals surface area contributed by atoms with Gasteiger partial charge in [-0.3, -0.25) is 0 Å². The monoisotopic (exact) mass is 329 g/mol. The molecule has 1 aliphatic carbocycles. The maximum Gasteiger partial charge on any atom is 0.0353 e. The van der Waals surface area contributed by atoms with Crippen LogP contribution in [0.1, 0.15) is 33.1 Å². The predicted octanol–water partition coefficient (Wildman–Crippen LogP) is 4.53. The third kappa shape index (κ3) is 2.90. The van der Waals surface area contributed by atoms with Gasteiger partial charge in [-0.2, -0.15) is 0 Å². The lowest BCUT2D eigenvalue weighted by Crippen LogP contribution is -2.34. The van der Waals surface area contributed by atoms with E-state index in [0.717, 1.165) is 11.8 Å². The van der Waals surface area contributed by atoms with E-state index in [4.69, 9.17) is 0 Å². The summed E-state index contributed by atoms with van der Waals surface area (Å²) in [6.07, 6.45) is 4.08. The number of benzene rings is 1. The molecule has 16 heavy (non-hydrogen) atoms. The fourth-order valence-corrected chi connectivity index (χ4v) is 3.12. The van der Waals surface area contributed by atoms with Crippen molar-refractivity contribution >= 4 is 28.3 Å². The van der Waals surface area contributed by atoms with Gasteiger partial charge in [0.25, 0.3) is 0 Å². The Hall–Kier alpha value is -0.250. The lowest BCUT2D eigenvalue weighted by molar-refractivity contribution is 0.253. The molecule has 1 saturated carbocycles.